The van der Waals surface area contributed by atoms with Crippen LogP contribution in [0.4, 0.5) is 16.2 Å². The van der Waals surface area contributed by atoms with Gasteiger partial charge in [0.25, 0.3) is 0 Å². The Morgan fingerprint density at radius 1 is 1.19 bits per heavy atom. The zero-order chi connectivity index (χ0) is 26.8. The van der Waals surface area contributed by atoms with Crippen LogP contribution in [0.25, 0.3) is 0 Å². The van der Waals surface area contributed by atoms with E-state index in [1.807, 2.05) is 54.9 Å². The first-order valence-corrected chi connectivity index (χ1v) is 14.1. The fraction of sp³-hybridized carbons (Fsp3) is 0.750. The van der Waals surface area contributed by atoms with E-state index in [-0.39, 0.29) is 17.8 Å². The fourth-order valence-corrected chi connectivity index (χ4v) is 6.32. The second kappa shape index (κ2) is 11.4. The predicted molar refractivity (Wildman–Crippen MR) is 150 cm³/mol. The highest BCUT2D eigenvalue weighted by Crippen LogP contribution is 2.35. The Hall–Kier alpha value is -2.07. The number of nitrogens with one attached hydrogen (secondary N) is 1. The molecule has 4 rings (SSSR count). The number of carbonyl (C=O) groups is 1. The summed E-state index contributed by atoms with van der Waals surface area (Å²) in [6.07, 6.45) is 4.12. The molecule has 3 aliphatic rings. The number of ether oxygens (including phenoxy) is 1. The van der Waals surface area contributed by atoms with E-state index in [2.05, 4.69) is 29.0 Å². The zero-order valence-corrected chi connectivity index (χ0v) is 23.6. The lowest BCUT2D eigenvalue weighted by Gasteiger charge is -2.54. The van der Waals surface area contributed by atoms with Gasteiger partial charge < -0.3 is 20.7 Å². The number of benzene rings is 1. The standard InChI is InChI=1S/C28H49N7O2/c1-21-20-33(28(5)12-15-32(16-13-28)26(36)37-27(2,3)4)17-18-34(21)25(22-9-8-14-31-19-22)35(30)24-11-7-6-10-23(24)29/h6-7,10-11,21-22,25,31H,8-9,12-20,29-30H2,1-5H3. The maximum atomic E-state index is 12.6. The highest BCUT2D eigenvalue weighted by Gasteiger charge is 2.43. The highest BCUT2D eigenvalue weighted by molar-refractivity contribution is 5.68. The number of piperazine rings is 1. The van der Waals surface area contributed by atoms with E-state index in [9.17, 15) is 4.79 Å². The van der Waals surface area contributed by atoms with Crippen molar-refractivity contribution in [2.24, 2.45) is 11.8 Å². The number of nitrogens with zero attached hydrogens (tertiary/aromatic N) is 4. The van der Waals surface area contributed by atoms with E-state index in [4.69, 9.17) is 16.3 Å². The van der Waals surface area contributed by atoms with E-state index in [0.717, 1.165) is 70.8 Å². The molecular weight excluding hydrogens is 466 g/mol. The summed E-state index contributed by atoms with van der Waals surface area (Å²) >= 11 is 0. The number of para-hydroxylation sites is 2. The number of amides is 1. The summed E-state index contributed by atoms with van der Waals surface area (Å²) in [6.45, 7) is 16.9. The molecule has 1 aromatic rings. The molecule has 9 nitrogen and oxygen atoms in total. The normalized spacial score (nSPS) is 26.5. The number of hydrogen-bond acceptors (Lipinski definition) is 8. The minimum atomic E-state index is -0.463. The molecule has 0 aliphatic carbocycles. The van der Waals surface area contributed by atoms with Crippen LogP contribution < -0.4 is 21.9 Å². The molecule has 3 aliphatic heterocycles. The van der Waals surface area contributed by atoms with Crippen LogP contribution in [0.5, 0.6) is 0 Å². The lowest BCUT2D eigenvalue weighted by Crippen LogP contribution is -2.68. The summed E-state index contributed by atoms with van der Waals surface area (Å²) in [5, 5.41) is 5.52. The van der Waals surface area contributed by atoms with Crippen LogP contribution in [-0.2, 0) is 4.74 Å². The van der Waals surface area contributed by atoms with Crippen molar-refractivity contribution in [2.45, 2.75) is 83.6 Å². The molecular formula is C28H49N7O2. The minimum Gasteiger partial charge on any atom is -0.444 e. The van der Waals surface area contributed by atoms with Gasteiger partial charge in [0.2, 0.25) is 0 Å². The van der Waals surface area contributed by atoms with Crippen LogP contribution in [0, 0.1) is 5.92 Å². The number of likely N-dealkylation sites (tertiary alicyclic amines) is 1. The number of hydrogen-bond donors (Lipinski definition) is 3. The summed E-state index contributed by atoms with van der Waals surface area (Å²) in [6, 6.07) is 8.27. The van der Waals surface area contributed by atoms with Gasteiger partial charge in [-0.2, -0.15) is 0 Å². The van der Waals surface area contributed by atoms with Gasteiger partial charge in [0.05, 0.1) is 11.4 Å². The van der Waals surface area contributed by atoms with Crippen LogP contribution in [-0.4, -0.2) is 90.0 Å². The molecule has 3 unspecified atom stereocenters. The van der Waals surface area contributed by atoms with E-state index in [1.165, 1.54) is 6.42 Å². The van der Waals surface area contributed by atoms with Crippen molar-refractivity contribution in [1.29, 1.82) is 0 Å². The molecule has 0 radical (unpaired) electrons. The third kappa shape index (κ3) is 6.50. The summed E-state index contributed by atoms with van der Waals surface area (Å²) in [4.78, 5) is 19.7. The molecule has 1 aromatic carbocycles. The molecule has 0 spiro atoms. The van der Waals surface area contributed by atoms with Gasteiger partial charge in [0.1, 0.15) is 11.8 Å². The van der Waals surface area contributed by atoms with Crippen molar-refractivity contribution in [1.82, 2.24) is 20.0 Å². The molecule has 5 N–H and O–H groups in total. The number of nitrogen functional groups attached to an aromatic ring is 1. The second-order valence-electron chi connectivity index (χ2n) is 12.5. The number of carbonyl (C=O) groups excluding carboxylic acids is 1. The molecule has 3 saturated heterocycles. The van der Waals surface area contributed by atoms with Gasteiger partial charge in [-0.15, -0.1) is 0 Å². The predicted octanol–water partition coefficient (Wildman–Crippen LogP) is 3.07. The van der Waals surface area contributed by atoms with Crippen molar-refractivity contribution in [3.63, 3.8) is 0 Å². The number of nitrogens with two attached hydrogens (primary N) is 2. The van der Waals surface area contributed by atoms with Crippen molar-refractivity contribution in [2.75, 3.05) is 56.6 Å². The Balaban J connectivity index is 1.43. The molecule has 1 amide bonds. The largest absolute Gasteiger partial charge is 0.444 e. The first-order chi connectivity index (χ1) is 17.5. The van der Waals surface area contributed by atoms with Crippen LogP contribution in [0.1, 0.15) is 60.3 Å². The molecule has 0 aromatic heterocycles. The van der Waals surface area contributed by atoms with Crippen LogP contribution >= 0.6 is 0 Å². The van der Waals surface area contributed by atoms with Crippen molar-refractivity contribution < 1.29 is 9.53 Å². The monoisotopic (exact) mass is 515 g/mol. The summed E-state index contributed by atoms with van der Waals surface area (Å²) < 4.78 is 5.61. The SMILES string of the molecule is CC1CN(C2(C)CCN(C(=O)OC(C)(C)C)CC2)CCN1C(C1CCCNC1)N(N)c1ccccc1N. The van der Waals surface area contributed by atoms with E-state index in [1.54, 1.807) is 0 Å². The Kier molecular flexibility index (Phi) is 8.58. The molecule has 208 valence electrons. The number of piperidine rings is 2. The van der Waals surface area contributed by atoms with Gasteiger partial charge in [0, 0.05) is 56.8 Å². The molecule has 0 bridgehead atoms. The Bertz CT molecular complexity index is 906. The lowest BCUT2D eigenvalue weighted by atomic mass is 9.86. The number of rotatable bonds is 5. The van der Waals surface area contributed by atoms with Crippen LogP contribution in [0.2, 0.25) is 0 Å². The second-order valence-corrected chi connectivity index (χ2v) is 12.5. The molecule has 37 heavy (non-hydrogen) atoms. The third-order valence-electron chi connectivity index (χ3n) is 8.53. The molecule has 3 heterocycles. The summed E-state index contributed by atoms with van der Waals surface area (Å²) in [5.41, 5.74) is 7.58. The zero-order valence-electron chi connectivity index (χ0n) is 23.6. The smallest absolute Gasteiger partial charge is 0.410 e. The molecule has 0 saturated carbocycles. The Morgan fingerprint density at radius 2 is 1.89 bits per heavy atom. The lowest BCUT2D eigenvalue weighted by molar-refractivity contribution is -0.0455. The average Bonchev–Trinajstić information content (AvgIpc) is 2.85. The van der Waals surface area contributed by atoms with E-state index < -0.39 is 5.60 Å². The van der Waals surface area contributed by atoms with Gasteiger partial charge in [-0.05, 0) is 79.0 Å². The van der Waals surface area contributed by atoms with Crippen molar-refractivity contribution in [3.05, 3.63) is 24.3 Å². The third-order valence-corrected chi connectivity index (χ3v) is 8.53. The van der Waals surface area contributed by atoms with E-state index >= 15 is 0 Å². The quantitative estimate of drug-likeness (QED) is 0.312. The van der Waals surface area contributed by atoms with Gasteiger partial charge in [0.15, 0.2) is 0 Å². The van der Waals surface area contributed by atoms with Crippen LogP contribution in [0.15, 0.2) is 24.3 Å². The first kappa shape index (κ1) is 28.0. The summed E-state index contributed by atoms with van der Waals surface area (Å²) in [5.74, 6) is 7.31. The average molecular weight is 516 g/mol. The topological polar surface area (TPSA) is 103 Å². The van der Waals surface area contributed by atoms with Crippen molar-refractivity contribution in [3.8, 4) is 0 Å². The molecule has 3 fully saturated rings. The maximum absolute atomic E-state index is 12.6. The highest BCUT2D eigenvalue weighted by atomic mass is 16.6. The fourth-order valence-electron chi connectivity index (χ4n) is 6.32. The van der Waals surface area contributed by atoms with Gasteiger partial charge in [-0.3, -0.25) is 14.8 Å². The van der Waals surface area contributed by atoms with Crippen LogP contribution in [0.3, 0.4) is 0 Å². The van der Waals surface area contributed by atoms with Crippen molar-refractivity contribution >= 4 is 17.5 Å². The maximum Gasteiger partial charge on any atom is 0.410 e. The molecule has 3 atom stereocenters. The number of anilines is 2. The van der Waals surface area contributed by atoms with Gasteiger partial charge in [-0.25, -0.2) is 10.6 Å². The number of hydrazine groups is 1. The summed E-state index contributed by atoms with van der Waals surface area (Å²) in [7, 11) is 0. The molecule has 9 heteroatoms. The van der Waals surface area contributed by atoms with Gasteiger partial charge in [-0.1, -0.05) is 12.1 Å². The Labute approximate surface area is 223 Å². The first-order valence-electron chi connectivity index (χ1n) is 14.1. The van der Waals surface area contributed by atoms with Gasteiger partial charge >= 0.3 is 6.09 Å². The minimum absolute atomic E-state index is 0.0764. The Morgan fingerprint density at radius 3 is 2.49 bits per heavy atom. The van der Waals surface area contributed by atoms with E-state index in [0.29, 0.717) is 17.6 Å².